The summed E-state index contributed by atoms with van der Waals surface area (Å²) in [7, 11) is -1.75. The Balaban J connectivity index is 0.000000236. The molecule has 0 bridgehead atoms. The van der Waals surface area contributed by atoms with Crippen molar-refractivity contribution in [2.45, 2.75) is 65.0 Å². The first-order valence-electron chi connectivity index (χ1n) is 14.4. The fraction of sp³-hybridized carbons (Fsp3) is 0.387. The molecule has 3 aromatic rings. The average molecular weight is 590 g/mol. The number of primary amides is 1. The van der Waals surface area contributed by atoms with E-state index < -0.39 is 25.0 Å². The zero-order valence-corrected chi connectivity index (χ0v) is 24.5. The standard InChI is InChI=1S/C17H19N3O2.C14H20BNO5/c18-16(21)15(12-6-1-2-7-12)20-17(22)14-10-9-11-5-3-4-8-13(11)19-14;1-3-9(2)4-13(17)16-8-10-5-11(14(18)19)7-12(6-10)15(20)21/h3-5,8-10,12,15H,1-2,6-7H2,(H2,18,21)(H,20,22);5-7,9,20-21H,3-4,8H2,1-2H3,(H,16,17)(H,18,19). The average Bonchev–Trinajstić information content (AvgIpc) is 3.53. The van der Waals surface area contributed by atoms with E-state index in [9.17, 15) is 19.2 Å². The Hall–Kier alpha value is -4.29. The maximum absolute atomic E-state index is 12.4. The normalized spacial score (nSPS) is 14.2. The molecule has 11 nitrogen and oxygen atoms in total. The van der Waals surface area contributed by atoms with Gasteiger partial charge in [-0.15, -0.1) is 0 Å². The molecular formula is C31H39BN4O7. The van der Waals surface area contributed by atoms with Crippen LogP contribution in [0, 0.1) is 11.8 Å². The third-order valence-electron chi connectivity index (χ3n) is 7.58. The minimum atomic E-state index is -1.75. The number of para-hydroxylation sites is 1. The summed E-state index contributed by atoms with van der Waals surface area (Å²) in [5, 5.41) is 33.7. The summed E-state index contributed by atoms with van der Waals surface area (Å²) >= 11 is 0. The SMILES string of the molecule is CCC(C)CC(=O)NCc1cc(B(O)O)cc(C(=O)O)c1.NC(=O)C(NC(=O)c1ccc2ccccc2n1)C1CCCC1. The summed E-state index contributed by atoms with van der Waals surface area (Å²) in [6, 6.07) is 14.6. The number of carboxylic acid groups (broad SMARTS) is 1. The summed E-state index contributed by atoms with van der Waals surface area (Å²) in [5.74, 6) is -1.67. The molecule has 1 heterocycles. The molecule has 1 aromatic heterocycles. The maximum atomic E-state index is 12.4. The number of hydrogen-bond acceptors (Lipinski definition) is 7. The van der Waals surface area contributed by atoms with Crippen molar-refractivity contribution in [2.24, 2.45) is 17.6 Å². The number of hydrogen-bond donors (Lipinski definition) is 6. The Kier molecular flexibility index (Phi) is 12.2. The van der Waals surface area contributed by atoms with Crippen molar-refractivity contribution < 1.29 is 34.3 Å². The Morgan fingerprint density at radius 3 is 2.37 bits per heavy atom. The van der Waals surface area contributed by atoms with Gasteiger partial charge < -0.3 is 31.5 Å². The van der Waals surface area contributed by atoms with Gasteiger partial charge in [-0.3, -0.25) is 14.4 Å². The fourth-order valence-electron chi connectivity index (χ4n) is 4.95. The van der Waals surface area contributed by atoms with E-state index >= 15 is 0 Å². The maximum Gasteiger partial charge on any atom is 0.488 e. The van der Waals surface area contributed by atoms with Crippen molar-refractivity contribution in [1.82, 2.24) is 15.6 Å². The first-order valence-corrected chi connectivity index (χ1v) is 14.4. The van der Waals surface area contributed by atoms with E-state index in [4.69, 9.17) is 20.9 Å². The van der Waals surface area contributed by atoms with Crippen LogP contribution in [0.3, 0.4) is 0 Å². The molecule has 0 spiro atoms. The molecule has 1 aliphatic rings. The van der Waals surface area contributed by atoms with Crippen LogP contribution < -0.4 is 21.8 Å². The fourth-order valence-corrected chi connectivity index (χ4v) is 4.95. The van der Waals surface area contributed by atoms with E-state index in [0.29, 0.717) is 17.7 Å². The number of carbonyl (C=O) groups is 4. The van der Waals surface area contributed by atoms with Gasteiger partial charge in [0, 0.05) is 18.4 Å². The van der Waals surface area contributed by atoms with Gasteiger partial charge in [-0.25, -0.2) is 9.78 Å². The first-order chi connectivity index (χ1) is 20.5. The van der Waals surface area contributed by atoms with Crippen molar-refractivity contribution in [1.29, 1.82) is 0 Å². The Labute approximate surface area is 251 Å². The molecule has 0 saturated heterocycles. The zero-order chi connectivity index (χ0) is 31.5. The molecule has 2 aromatic carbocycles. The highest BCUT2D eigenvalue weighted by Crippen LogP contribution is 2.28. The van der Waals surface area contributed by atoms with Crippen LogP contribution in [0.5, 0.6) is 0 Å². The number of aromatic carboxylic acids is 1. The third-order valence-corrected chi connectivity index (χ3v) is 7.58. The Morgan fingerprint density at radius 2 is 1.74 bits per heavy atom. The van der Waals surface area contributed by atoms with Crippen LogP contribution in [0.15, 0.2) is 54.6 Å². The number of amides is 3. The van der Waals surface area contributed by atoms with Crippen molar-refractivity contribution in [3.05, 3.63) is 71.4 Å². The molecule has 228 valence electrons. The molecule has 3 amide bonds. The number of pyridine rings is 1. The van der Waals surface area contributed by atoms with Gasteiger partial charge in [-0.2, -0.15) is 0 Å². The summed E-state index contributed by atoms with van der Waals surface area (Å²) in [5.41, 5.74) is 7.07. The van der Waals surface area contributed by atoms with E-state index in [0.717, 1.165) is 43.0 Å². The number of nitrogens with two attached hydrogens (primary N) is 1. The highest BCUT2D eigenvalue weighted by atomic mass is 16.4. The summed E-state index contributed by atoms with van der Waals surface area (Å²) in [4.78, 5) is 51.1. The van der Waals surface area contributed by atoms with Gasteiger partial charge in [0.15, 0.2) is 0 Å². The van der Waals surface area contributed by atoms with Crippen molar-refractivity contribution in [3.63, 3.8) is 0 Å². The van der Waals surface area contributed by atoms with Crippen molar-refractivity contribution in [3.8, 4) is 0 Å². The van der Waals surface area contributed by atoms with Gasteiger partial charge in [0.1, 0.15) is 11.7 Å². The number of nitrogens with zero attached hydrogens (tertiary/aromatic N) is 1. The van der Waals surface area contributed by atoms with Gasteiger partial charge in [0.25, 0.3) is 5.91 Å². The number of carboxylic acids is 1. The van der Waals surface area contributed by atoms with E-state index in [2.05, 4.69) is 15.6 Å². The van der Waals surface area contributed by atoms with Crippen LogP contribution in [-0.2, 0) is 16.1 Å². The van der Waals surface area contributed by atoms with E-state index in [1.807, 2.05) is 44.2 Å². The number of rotatable bonds is 11. The predicted octanol–water partition coefficient (Wildman–Crippen LogP) is 2.13. The highest BCUT2D eigenvalue weighted by molar-refractivity contribution is 6.58. The molecule has 7 N–H and O–H groups in total. The lowest BCUT2D eigenvalue weighted by molar-refractivity contribution is -0.122. The molecule has 2 atom stereocenters. The number of aromatic nitrogens is 1. The van der Waals surface area contributed by atoms with Crippen molar-refractivity contribution in [2.75, 3.05) is 0 Å². The second-order valence-corrected chi connectivity index (χ2v) is 10.9. The van der Waals surface area contributed by atoms with Crippen LogP contribution in [0.4, 0.5) is 0 Å². The molecule has 43 heavy (non-hydrogen) atoms. The quantitative estimate of drug-likeness (QED) is 0.183. The number of nitrogens with one attached hydrogen (secondary N) is 2. The molecule has 1 saturated carbocycles. The van der Waals surface area contributed by atoms with Crippen molar-refractivity contribution >= 4 is 47.2 Å². The lowest BCUT2D eigenvalue weighted by atomic mass is 9.78. The highest BCUT2D eigenvalue weighted by Gasteiger charge is 2.31. The number of carbonyl (C=O) groups excluding carboxylic acids is 3. The Morgan fingerprint density at radius 1 is 1.05 bits per heavy atom. The van der Waals surface area contributed by atoms with Gasteiger partial charge in [-0.1, -0.05) is 63.4 Å². The Bertz CT molecular complexity index is 1440. The van der Waals surface area contributed by atoms with E-state index in [1.54, 1.807) is 6.07 Å². The minimum Gasteiger partial charge on any atom is -0.478 e. The molecule has 4 rings (SSSR count). The molecule has 2 unspecified atom stereocenters. The van der Waals surface area contributed by atoms with E-state index in [1.165, 1.54) is 18.2 Å². The van der Waals surface area contributed by atoms with Gasteiger partial charge in [-0.05, 0) is 60.0 Å². The lowest BCUT2D eigenvalue weighted by Gasteiger charge is -2.21. The van der Waals surface area contributed by atoms with E-state index in [-0.39, 0.29) is 41.2 Å². The summed E-state index contributed by atoms with van der Waals surface area (Å²) in [6.07, 6.45) is 5.34. The molecule has 0 radical (unpaired) electrons. The lowest BCUT2D eigenvalue weighted by Crippen LogP contribution is -2.48. The molecule has 0 aliphatic heterocycles. The van der Waals surface area contributed by atoms with Crippen LogP contribution in [-0.4, -0.2) is 57.0 Å². The zero-order valence-electron chi connectivity index (χ0n) is 24.5. The second kappa shape index (κ2) is 15.8. The van der Waals surface area contributed by atoms with Crippen LogP contribution in [0.25, 0.3) is 10.9 Å². The predicted molar refractivity (Wildman–Crippen MR) is 163 cm³/mol. The second-order valence-electron chi connectivity index (χ2n) is 10.9. The molecule has 1 aliphatic carbocycles. The van der Waals surface area contributed by atoms with Crippen LogP contribution in [0.2, 0.25) is 0 Å². The largest absolute Gasteiger partial charge is 0.488 e. The van der Waals surface area contributed by atoms with Gasteiger partial charge >= 0.3 is 13.1 Å². The van der Waals surface area contributed by atoms with Crippen LogP contribution in [0.1, 0.15) is 78.8 Å². The summed E-state index contributed by atoms with van der Waals surface area (Å²) < 4.78 is 0. The minimum absolute atomic E-state index is 0.0493. The number of benzene rings is 2. The monoisotopic (exact) mass is 590 g/mol. The smallest absolute Gasteiger partial charge is 0.478 e. The van der Waals surface area contributed by atoms with Gasteiger partial charge in [0.2, 0.25) is 11.8 Å². The first kappa shape index (κ1) is 33.2. The molecular weight excluding hydrogens is 551 g/mol. The molecule has 1 fully saturated rings. The van der Waals surface area contributed by atoms with Crippen LogP contribution >= 0.6 is 0 Å². The summed E-state index contributed by atoms with van der Waals surface area (Å²) in [6.45, 7) is 4.13. The topological polar surface area (TPSA) is 192 Å². The van der Waals surface area contributed by atoms with Gasteiger partial charge in [0.05, 0.1) is 11.1 Å². The third kappa shape index (κ3) is 9.90. The number of fused-ring (bicyclic) bond motifs is 1. The molecule has 12 heteroatoms.